The third kappa shape index (κ3) is 2.51. The first-order chi connectivity index (χ1) is 9.65. The summed E-state index contributed by atoms with van der Waals surface area (Å²) in [7, 11) is 0. The molecule has 3 aromatic rings. The van der Waals surface area contributed by atoms with Crippen LogP contribution in [-0.4, -0.2) is 4.98 Å². The van der Waals surface area contributed by atoms with E-state index in [1.807, 2.05) is 18.2 Å². The Hall–Kier alpha value is -1.59. The molecular weight excluding hydrogens is 334 g/mol. The Labute approximate surface area is 130 Å². The number of thiophene rings is 1. The minimum Gasteiger partial charge on any atom is -0.398 e. The zero-order valence-electron chi connectivity index (χ0n) is 11.0. The summed E-state index contributed by atoms with van der Waals surface area (Å²) in [5.74, 6) is 0. The second kappa shape index (κ2) is 5.42. The standard InChI is InChI=1S/C15H14BrN3S/c1-9-4-5-20-14(9)8-18-13-3-2-12(17)11-6-10(16)7-19-15(11)13/h2-7,18H,8,17H2,1H3. The van der Waals surface area contributed by atoms with Gasteiger partial charge in [-0.2, -0.15) is 0 Å². The highest BCUT2D eigenvalue weighted by atomic mass is 79.9. The van der Waals surface area contributed by atoms with E-state index in [-0.39, 0.29) is 0 Å². The number of halogens is 1. The quantitative estimate of drug-likeness (QED) is 0.682. The average Bonchev–Trinajstić information content (AvgIpc) is 2.84. The summed E-state index contributed by atoms with van der Waals surface area (Å²) in [6, 6.07) is 8.04. The number of aryl methyl sites for hydroxylation is 1. The van der Waals surface area contributed by atoms with E-state index in [4.69, 9.17) is 5.73 Å². The van der Waals surface area contributed by atoms with Crippen LogP contribution in [0.25, 0.3) is 10.9 Å². The molecule has 0 radical (unpaired) electrons. The number of rotatable bonds is 3. The van der Waals surface area contributed by atoms with Crippen LogP contribution in [0.4, 0.5) is 11.4 Å². The van der Waals surface area contributed by atoms with Gasteiger partial charge in [0.25, 0.3) is 0 Å². The normalized spacial score (nSPS) is 10.9. The molecule has 0 unspecified atom stereocenters. The van der Waals surface area contributed by atoms with Gasteiger partial charge in [0.15, 0.2) is 0 Å². The Morgan fingerprint density at radius 2 is 2.20 bits per heavy atom. The Bertz CT molecular complexity index is 767. The molecule has 0 fully saturated rings. The monoisotopic (exact) mass is 347 g/mol. The van der Waals surface area contributed by atoms with Gasteiger partial charge < -0.3 is 11.1 Å². The van der Waals surface area contributed by atoms with Crippen LogP contribution >= 0.6 is 27.3 Å². The van der Waals surface area contributed by atoms with Gasteiger partial charge in [0, 0.05) is 33.2 Å². The topological polar surface area (TPSA) is 50.9 Å². The summed E-state index contributed by atoms with van der Waals surface area (Å²) in [4.78, 5) is 5.82. The van der Waals surface area contributed by atoms with Gasteiger partial charge in [0.1, 0.15) is 0 Å². The number of benzene rings is 1. The molecule has 1 aromatic carbocycles. The Morgan fingerprint density at radius 1 is 1.35 bits per heavy atom. The van der Waals surface area contributed by atoms with Crippen molar-refractivity contribution in [2.45, 2.75) is 13.5 Å². The van der Waals surface area contributed by atoms with E-state index >= 15 is 0 Å². The lowest BCUT2D eigenvalue weighted by atomic mass is 10.1. The summed E-state index contributed by atoms with van der Waals surface area (Å²) in [5, 5.41) is 6.53. The van der Waals surface area contributed by atoms with Gasteiger partial charge in [0.2, 0.25) is 0 Å². The Balaban J connectivity index is 1.96. The van der Waals surface area contributed by atoms with E-state index < -0.39 is 0 Å². The molecule has 0 saturated carbocycles. The van der Waals surface area contributed by atoms with E-state index in [9.17, 15) is 0 Å². The summed E-state index contributed by atoms with van der Waals surface area (Å²) < 4.78 is 0.933. The van der Waals surface area contributed by atoms with Crippen molar-refractivity contribution in [3.63, 3.8) is 0 Å². The van der Waals surface area contributed by atoms with E-state index in [1.54, 1.807) is 17.5 Å². The number of nitrogens with two attached hydrogens (primary N) is 1. The zero-order valence-corrected chi connectivity index (χ0v) is 13.4. The molecule has 2 aromatic heterocycles. The summed E-state index contributed by atoms with van der Waals surface area (Å²) in [6.07, 6.45) is 1.79. The second-order valence-corrected chi connectivity index (χ2v) is 6.55. The molecule has 5 heteroatoms. The zero-order chi connectivity index (χ0) is 14.1. The van der Waals surface area contributed by atoms with Crippen LogP contribution in [0.1, 0.15) is 10.4 Å². The summed E-state index contributed by atoms with van der Waals surface area (Å²) in [5.41, 5.74) is 10.00. The number of aromatic nitrogens is 1. The number of hydrogen-bond donors (Lipinski definition) is 2. The molecule has 3 N–H and O–H groups in total. The maximum absolute atomic E-state index is 6.02. The smallest absolute Gasteiger partial charge is 0.0954 e. The predicted molar refractivity (Wildman–Crippen MR) is 90.2 cm³/mol. The number of fused-ring (bicyclic) bond motifs is 1. The van der Waals surface area contributed by atoms with E-state index in [0.29, 0.717) is 0 Å². The minimum atomic E-state index is 0.742. The molecule has 0 spiro atoms. The van der Waals surface area contributed by atoms with Crippen molar-refractivity contribution in [3.8, 4) is 0 Å². The molecule has 0 aliphatic rings. The molecular formula is C15H14BrN3S. The van der Waals surface area contributed by atoms with Crippen LogP contribution < -0.4 is 11.1 Å². The lowest BCUT2D eigenvalue weighted by Gasteiger charge is -2.10. The summed E-state index contributed by atoms with van der Waals surface area (Å²) in [6.45, 7) is 2.93. The molecule has 20 heavy (non-hydrogen) atoms. The van der Waals surface area contributed by atoms with Gasteiger partial charge in [0.05, 0.1) is 11.2 Å². The molecule has 0 amide bonds. The molecule has 0 bridgehead atoms. The fourth-order valence-electron chi connectivity index (χ4n) is 2.12. The van der Waals surface area contributed by atoms with Crippen LogP contribution in [-0.2, 0) is 6.54 Å². The van der Waals surface area contributed by atoms with Crippen LogP contribution in [0.3, 0.4) is 0 Å². The van der Waals surface area contributed by atoms with Crippen molar-refractivity contribution in [2.75, 3.05) is 11.1 Å². The number of anilines is 2. The molecule has 3 rings (SSSR count). The van der Waals surface area contributed by atoms with Crippen molar-refractivity contribution in [1.82, 2.24) is 4.98 Å². The third-order valence-corrected chi connectivity index (χ3v) is 4.71. The number of nitrogens with zero attached hydrogens (tertiary/aromatic N) is 1. The van der Waals surface area contributed by atoms with Gasteiger partial charge in [-0.1, -0.05) is 0 Å². The number of nitrogen functional groups attached to an aromatic ring is 1. The lowest BCUT2D eigenvalue weighted by Crippen LogP contribution is -2.01. The molecule has 3 nitrogen and oxygen atoms in total. The molecule has 0 aliphatic heterocycles. The van der Waals surface area contributed by atoms with Crippen molar-refractivity contribution in [2.24, 2.45) is 0 Å². The highest BCUT2D eigenvalue weighted by Gasteiger charge is 2.07. The van der Waals surface area contributed by atoms with Crippen molar-refractivity contribution in [1.29, 1.82) is 0 Å². The molecule has 0 atom stereocenters. The molecule has 0 aliphatic carbocycles. The first-order valence-corrected chi connectivity index (χ1v) is 7.93. The van der Waals surface area contributed by atoms with E-state index in [2.05, 4.69) is 44.6 Å². The molecule has 0 saturated heterocycles. The van der Waals surface area contributed by atoms with Gasteiger partial charge in [-0.25, -0.2) is 0 Å². The van der Waals surface area contributed by atoms with Gasteiger partial charge in [-0.15, -0.1) is 11.3 Å². The SMILES string of the molecule is Cc1ccsc1CNc1ccc(N)c2cc(Br)cnc12. The first-order valence-electron chi connectivity index (χ1n) is 6.26. The summed E-state index contributed by atoms with van der Waals surface area (Å²) >= 11 is 5.20. The number of nitrogens with one attached hydrogen (secondary N) is 1. The van der Waals surface area contributed by atoms with Crippen LogP contribution in [0.15, 0.2) is 40.3 Å². The minimum absolute atomic E-state index is 0.742. The molecule has 2 heterocycles. The van der Waals surface area contributed by atoms with E-state index in [0.717, 1.165) is 33.3 Å². The van der Waals surface area contributed by atoms with Crippen molar-refractivity contribution < 1.29 is 0 Å². The van der Waals surface area contributed by atoms with Crippen LogP contribution in [0.2, 0.25) is 0 Å². The van der Waals surface area contributed by atoms with Gasteiger partial charge >= 0.3 is 0 Å². The predicted octanol–water partition coefficient (Wildman–Crippen LogP) is 4.56. The third-order valence-electron chi connectivity index (χ3n) is 3.26. The van der Waals surface area contributed by atoms with Crippen molar-refractivity contribution in [3.05, 3.63) is 50.8 Å². The Morgan fingerprint density at radius 3 is 2.95 bits per heavy atom. The lowest BCUT2D eigenvalue weighted by molar-refractivity contribution is 1.17. The highest BCUT2D eigenvalue weighted by molar-refractivity contribution is 9.10. The van der Waals surface area contributed by atoms with Crippen LogP contribution in [0.5, 0.6) is 0 Å². The van der Waals surface area contributed by atoms with Gasteiger partial charge in [-0.05, 0) is 58.1 Å². The largest absolute Gasteiger partial charge is 0.398 e. The number of pyridine rings is 1. The fraction of sp³-hybridized carbons (Fsp3) is 0.133. The van der Waals surface area contributed by atoms with Gasteiger partial charge in [-0.3, -0.25) is 4.98 Å². The first kappa shape index (κ1) is 13.4. The Kier molecular flexibility index (Phi) is 3.63. The maximum atomic E-state index is 6.02. The average molecular weight is 348 g/mol. The maximum Gasteiger partial charge on any atom is 0.0954 e. The molecule has 102 valence electrons. The van der Waals surface area contributed by atoms with E-state index in [1.165, 1.54) is 10.4 Å². The second-order valence-electron chi connectivity index (χ2n) is 4.63. The number of hydrogen-bond acceptors (Lipinski definition) is 4. The highest BCUT2D eigenvalue weighted by Crippen LogP contribution is 2.29. The fourth-order valence-corrected chi connectivity index (χ4v) is 3.30. The van der Waals surface area contributed by atoms with Crippen molar-refractivity contribution >= 4 is 49.5 Å². The van der Waals surface area contributed by atoms with Crippen LogP contribution in [0, 0.1) is 6.92 Å².